The number of carbonyl (C=O) groups is 2. The minimum Gasteiger partial charge on any atom is -0.296 e. The molecule has 1 N–H and O–H groups in total. The average Bonchev–Trinajstić information content (AvgIpc) is 1.98. The van der Waals surface area contributed by atoms with E-state index >= 15 is 0 Å². The third-order valence-electron chi connectivity index (χ3n) is 3.73. The fraction of sp³-hybridized carbons (Fsp3) is 0.818. The van der Waals surface area contributed by atoms with Crippen molar-refractivity contribution in [2.24, 2.45) is 17.3 Å². The molecule has 2 fully saturated rings. The normalized spacial score (nSPS) is 30.4. The van der Waals surface area contributed by atoms with Crippen LogP contribution in [0.2, 0.25) is 0 Å². The van der Waals surface area contributed by atoms with Crippen molar-refractivity contribution < 1.29 is 9.59 Å². The van der Waals surface area contributed by atoms with Crippen LogP contribution in [0, 0.1) is 17.3 Å². The molecule has 0 bridgehead atoms. The van der Waals surface area contributed by atoms with Gasteiger partial charge < -0.3 is 0 Å². The van der Waals surface area contributed by atoms with Gasteiger partial charge in [-0.1, -0.05) is 20.3 Å². The number of carbonyl (C=O) groups excluding carboxylic acids is 2. The molecule has 0 radical (unpaired) electrons. The second-order valence-corrected chi connectivity index (χ2v) is 5.03. The standard InChI is InChI=1S/C11H17NO2/c1-7(2)9-10(14)12-8(13)6-11(9)4-3-5-11/h7,9H,3-6H2,1-2H3,(H,12,13,14). The molecular weight excluding hydrogens is 178 g/mol. The van der Waals surface area contributed by atoms with Gasteiger partial charge in [-0.25, -0.2) is 0 Å². The van der Waals surface area contributed by atoms with Gasteiger partial charge in [0.1, 0.15) is 0 Å². The molecule has 14 heavy (non-hydrogen) atoms. The summed E-state index contributed by atoms with van der Waals surface area (Å²) in [5.74, 6) is 0.264. The van der Waals surface area contributed by atoms with Crippen molar-refractivity contribution in [3.05, 3.63) is 0 Å². The number of hydrogen-bond acceptors (Lipinski definition) is 2. The van der Waals surface area contributed by atoms with Gasteiger partial charge in [-0.3, -0.25) is 14.9 Å². The van der Waals surface area contributed by atoms with Crippen LogP contribution in [-0.4, -0.2) is 11.8 Å². The minimum atomic E-state index is -0.0772. The van der Waals surface area contributed by atoms with Crippen molar-refractivity contribution in [2.45, 2.75) is 39.5 Å². The maximum Gasteiger partial charge on any atom is 0.230 e. The van der Waals surface area contributed by atoms with Gasteiger partial charge in [0, 0.05) is 12.3 Å². The van der Waals surface area contributed by atoms with Gasteiger partial charge in [-0.15, -0.1) is 0 Å². The van der Waals surface area contributed by atoms with E-state index in [2.05, 4.69) is 19.2 Å². The van der Waals surface area contributed by atoms with E-state index in [9.17, 15) is 9.59 Å². The van der Waals surface area contributed by atoms with E-state index in [1.54, 1.807) is 0 Å². The van der Waals surface area contributed by atoms with E-state index in [0.717, 1.165) is 12.8 Å². The van der Waals surface area contributed by atoms with E-state index in [-0.39, 0.29) is 23.1 Å². The second kappa shape index (κ2) is 3.07. The highest BCUT2D eigenvalue weighted by Gasteiger charge is 2.52. The molecule has 78 valence electrons. The average molecular weight is 195 g/mol. The second-order valence-electron chi connectivity index (χ2n) is 5.03. The van der Waals surface area contributed by atoms with Crippen LogP contribution in [-0.2, 0) is 9.59 Å². The molecule has 2 aliphatic rings. The van der Waals surface area contributed by atoms with Crippen LogP contribution in [0.5, 0.6) is 0 Å². The van der Waals surface area contributed by atoms with Crippen molar-refractivity contribution in [2.75, 3.05) is 0 Å². The van der Waals surface area contributed by atoms with E-state index in [0.29, 0.717) is 12.3 Å². The van der Waals surface area contributed by atoms with E-state index in [4.69, 9.17) is 0 Å². The number of hydrogen-bond donors (Lipinski definition) is 1. The first-order valence-corrected chi connectivity index (χ1v) is 5.39. The fourth-order valence-electron chi connectivity index (χ4n) is 3.10. The summed E-state index contributed by atoms with van der Waals surface area (Å²) in [4.78, 5) is 23.0. The van der Waals surface area contributed by atoms with Gasteiger partial charge >= 0.3 is 0 Å². The van der Waals surface area contributed by atoms with Crippen LogP contribution in [0.15, 0.2) is 0 Å². The molecule has 3 nitrogen and oxygen atoms in total. The van der Waals surface area contributed by atoms with Gasteiger partial charge in [0.25, 0.3) is 0 Å². The Balaban J connectivity index is 2.26. The van der Waals surface area contributed by atoms with E-state index < -0.39 is 0 Å². The number of imide groups is 1. The summed E-state index contributed by atoms with van der Waals surface area (Å²) < 4.78 is 0. The number of piperidine rings is 1. The number of nitrogens with one attached hydrogen (secondary N) is 1. The molecule has 2 rings (SSSR count). The molecule has 1 saturated carbocycles. The molecule has 2 amide bonds. The third-order valence-corrected chi connectivity index (χ3v) is 3.73. The Bertz CT molecular complexity index is 279. The summed E-state index contributed by atoms with van der Waals surface area (Å²) in [6, 6.07) is 0. The lowest BCUT2D eigenvalue weighted by atomic mass is 9.55. The Labute approximate surface area is 84.2 Å². The van der Waals surface area contributed by atoms with Crippen LogP contribution in [0.25, 0.3) is 0 Å². The maximum absolute atomic E-state index is 11.7. The number of amides is 2. The molecule has 1 heterocycles. The molecule has 0 aromatic carbocycles. The molecule has 0 aromatic rings. The topological polar surface area (TPSA) is 46.2 Å². The van der Waals surface area contributed by atoms with Crippen molar-refractivity contribution in [1.29, 1.82) is 0 Å². The van der Waals surface area contributed by atoms with E-state index in [1.165, 1.54) is 6.42 Å². The zero-order chi connectivity index (χ0) is 10.3. The lowest BCUT2D eigenvalue weighted by molar-refractivity contribution is -0.151. The van der Waals surface area contributed by atoms with Crippen LogP contribution >= 0.6 is 0 Å². The monoisotopic (exact) mass is 195 g/mol. The Morgan fingerprint density at radius 2 is 2.00 bits per heavy atom. The summed E-state index contributed by atoms with van der Waals surface area (Å²) in [7, 11) is 0. The molecule has 1 aliphatic heterocycles. The lowest BCUT2D eigenvalue weighted by Gasteiger charge is -2.50. The Kier molecular flexibility index (Phi) is 2.13. The Morgan fingerprint density at radius 1 is 1.36 bits per heavy atom. The SMILES string of the molecule is CC(C)C1C(=O)NC(=O)CC12CCC2. The van der Waals surface area contributed by atoms with Crippen LogP contribution < -0.4 is 5.32 Å². The van der Waals surface area contributed by atoms with Crippen LogP contribution in [0.4, 0.5) is 0 Å². The Hall–Kier alpha value is -0.860. The molecule has 3 heteroatoms. The first kappa shape index (κ1) is 9.69. The summed E-state index contributed by atoms with van der Waals surface area (Å²) in [5.41, 5.74) is 0.0214. The van der Waals surface area contributed by atoms with Gasteiger partial charge in [0.15, 0.2) is 0 Å². The number of rotatable bonds is 1. The van der Waals surface area contributed by atoms with Crippen LogP contribution in [0.3, 0.4) is 0 Å². The zero-order valence-corrected chi connectivity index (χ0v) is 8.80. The molecule has 1 saturated heterocycles. The van der Waals surface area contributed by atoms with Gasteiger partial charge in [-0.05, 0) is 24.2 Å². The largest absolute Gasteiger partial charge is 0.296 e. The molecule has 1 atom stereocenters. The van der Waals surface area contributed by atoms with Gasteiger partial charge in [-0.2, -0.15) is 0 Å². The van der Waals surface area contributed by atoms with Crippen molar-refractivity contribution >= 4 is 11.8 Å². The summed E-state index contributed by atoms with van der Waals surface area (Å²) >= 11 is 0. The molecule has 0 aromatic heterocycles. The highest BCUT2D eigenvalue weighted by Crippen LogP contribution is 2.53. The van der Waals surface area contributed by atoms with Gasteiger partial charge in [0.05, 0.1) is 0 Å². The Morgan fingerprint density at radius 3 is 2.43 bits per heavy atom. The quantitative estimate of drug-likeness (QED) is 0.644. The predicted octanol–water partition coefficient (Wildman–Crippen LogP) is 1.48. The zero-order valence-electron chi connectivity index (χ0n) is 8.80. The first-order chi connectivity index (χ1) is 6.55. The summed E-state index contributed by atoms with van der Waals surface area (Å²) in [6.07, 6.45) is 3.83. The predicted molar refractivity (Wildman–Crippen MR) is 52.4 cm³/mol. The molecule has 1 unspecified atom stereocenters. The van der Waals surface area contributed by atoms with Crippen LogP contribution in [0.1, 0.15) is 39.5 Å². The molecule has 1 spiro atoms. The van der Waals surface area contributed by atoms with E-state index in [1.807, 2.05) is 0 Å². The first-order valence-electron chi connectivity index (χ1n) is 5.39. The van der Waals surface area contributed by atoms with Crippen molar-refractivity contribution in [1.82, 2.24) is 5.32 Å². The minimum absolute atomic E-state index is 0.0214. The van der Waals surface area contributed by atoms with Crippen molar-refractivity contribution in [3.63, 3.8) is 0 Å². The summed E-state index contributed by atoms with van der Waals surface area (Å²) in [6.45, 7) is 4.14. The fourth-order valence-corrected chi connectivity index (χ4v) is 3.10. The smallest absolute Gasteiger partial charge is 0.230 e. The highest BCUT2D eigenvalue weighted by atomic mass is 16.2. The van der Waals surface area contributed by atoms with Crippen molar-refractivity contribution in [3.8, 4) is 0 Å². The van der Waals surface area contributed by atoms with Gasteiger partial charge in [0.2, 0.25) is 11.8 Å². The summed E-state index contributed by atoms with van der Waals surface area (Å²) in [5, 5.41) is 2.46. The maximum atomic E-state index is 11.7. The molecular formula is C11H17NO2. The third kappa shape index (κ3) is 1.26. The molecule has 1 aliphatic carbocycles. The lowest BCUT2D eigenvalue weighted by Crippen LogP contribution is -2.56. The highest BCUT2D eigenvalue weighted by molar-refractivity contribution is 6.00.